The summed E-state index contributed by atoms with van der Waals surface area (Å²) in [5.41, 5.74) is 0.795. The van der Waals surface area contributed by atoms with Gasteiger partial charge >= 0.3 is 0 Å². The zero-order chi connectivity index (χ0) is 15.2. The number of nitrogens with one attached hydrogen (secondary N) is 1. The van der Waals surface area contributed by atoms with Crippen LogP contribution < -0.4 is 5.32 Å². The van der Waals surface area contributed by atoms with Crippen molar-refractivity contribution in [2.24, 2.45) is 0 Å². The number of benzene rings is 1. The molecule has 0 atom stereocenters. The molecule has 0 bridgehead atoms. The quantitative estimate of drug-likeness (QED) is 0.817. The second-order valence-corrected chi connectivity index (χ2v) is 6.12. The van der Waals surface area contributed by atoms with Gasteiger partial charge in [-0.15, -0.1) is 10.2 Å². The zero-order valence-electron chi connectivity index (χ0n) is 11.3. The number of amides is 1. The van der Waals surface area contributed by atoms with Crippen molar-refractivity contribution in [3.05, 3.63) is 44.9 Å². The van der Waals surface area contributed by atoms with Crippen molar-refractivity contribution in [3.8, 4) is 0 Å². The van der Waals surface area contributed by atoms with E-state index in [2.05, 4.69) is 22.4 Å². The largest absolute Gasteiger partial charge is 0.297 e. The molecular formula is C14H13Cl2N3OS. The van der Waals surface area contributed by atoms with Crippen LogP contribution >= 0.6 is 34.5 Å². The Bertz CT molecular complexity index is 670. The first-order chi connectivity index (χ1) is 10.1. The molecule has 21 heavy (non-hydrogen) atoms. The minimum Gasteiger partial charge on any atom is -0.297 e. The number of aromatic nitrogens is 2. The summed E-state index contributed by atoms with van der Waals surface area (Å²) in [5, 5.41) is 12.9. The molecule has 0 aliphatic heterocycles. The molecule has 1 aromatic carbocycles. The third kappa shape index (κ3) is 4.81. The minimum atomic E-state index is -0.264. The number of carbonyl (C=O) groups excluding carboxylic acids is 1. The smallest absolute Gasteiger partial charge is 0.250 e. The molecule has 2 rings (SSSR count). The van der Waals surface area contributed by atoms with Gasteiger partial charge in [-0.25, -0.2) is 0 Å². The predicted octanol–water partition coefficient (Wildman–Crippen LogP) is 4.45. The van der Waals surface area contributed by atoms with Crippen molar-refractivity contribution in [1.29, 1.82) is 0 Å². The van der Waals surface area contributed by atoms with E-state index in [1.165, 1.54) is 17.4 Å². The fourth-order valence-corrected chi connectivity index (χ4v) is 2.70. The standard InChI is InChI=1S/C14H13Cl2N3OS/c1-2-3-13-18-19-14(21-13)17-12(20)7-5-9-4-6-10(15)11(16)8-9/h4-8H,2-3H2,1H3,(H,17,19,20)/b7-5+. The van der Waals surface area contributed by atoms with Crippen molar-refractivity contribution in [1.82, 2.24) is 10.2 Å². The lowest BCUT2D eigenvalue weighted by Crippen LogP contribution is -2.07. The normalized spacial score (nSPS) is 11.0. The van der Waals surface area contributed by atoms with Crippen molar-refractivity contribution in [2.75, 3.05) is 5.32 Å². The summed E-state index contributed by atoms with van der Waals surface area (Å²) in [6.45, 7) is 2.07. The molecule has 4 nitrogen and oxygen atoms in total. The summed E-state index contributed by atoms with van der Waals surface area (Å²) in [5.74, 6) is -0.264. The Hall–Kier alpha value is -1.43. The average molecular weight is 342 g/mol. The number of aryl methyl sites for hydroxylation is 1. The first kappa shape index (κ1) is 15.9. The van der Waals surface area contributed by atoms with Crippen LogP contribution in [0.15, 0.2) is 24.3 Å². The van der Waals surface area contributed by atoms with Gasteiger partial charge in [-0.1, -0.05) is 47.5 Å². The summed E-state index contributed by atoms with van der Waals surface area (Å²) in [6, 6.07) is 5.16. The maximum absolute atomic E-state index is 11.8. The molecular weight excluding hydrogens is 329 g/mol. The first-order valence-electron chi connectivity index (χ1n) is 6.35. The second kappa shape index (κ2) is 7.54. The average Bonchev–Trinajstić information content (AvgIpc) is 2.88. The zero-order valence-corrected chi connectivity index (χ0v) is 13.6. The van der Waals surface area contributed by atoms with E-state index < -0.39 is 0 Å². The highest BCUT2D eigenvalue weighted by atomic mass is 35.5. The number of hydrogen-bond donors (Lipinski definition) is 1. The molecule has 0 spiro atoms. The van der Waals surface area contributed by atoms with Gasteiger partial charge in [-0.05, 0) is 30.2 Å². The van der Waals surface area contributed by atoms with Gasteiger partial charge in [0.1, 0.15) is 5.01 Å². The molecule has 1 N–H and O–H groups in total. The predicted molar refractivity (Wildman–Crippen MR) is 88.0 cm³/mol. The number of carbonyl (C=O) groups is 1. The maximum Gasteiger partial charge on any atom is 0.250 e. The molecule has 0 radical (unpaired) electrons. The van der Waals surface area contributed by atoms with E-state index in [1.54, 1.807) is 24.3 Å². The van der Waals surface area contributed by atoms with Crippen LogP contribution in [-0.2, 0) is 11.2 Å². The molecule has 7 heteroatoms. The van der Waals surface area contributed by atoms with Crippen LogP contribution in [0.2, 0.25) is 10.0 Å². The van der Waals surface area contributed by atoms with Crippen LogP contribution in [0.25, 0.3) is 6.08 Å². The highest BCUT2D eigenvalue weighted by Gasteiger charge is 2.05. The van der Waals surface area contributed by atoms with Gasteiger partial charge in [0.15, 0.2) is 0 Å². The first-order valence-corrected chi connectivity index (χ1v) is 7.92. The Kier molecular flexibility index (Phi) is 5.73. The summed E-state index contributed by atoms with van der Waals surface area (Å²) in [6.07, 6.45) is 4.94. The van der Waals surface area contributed by atoms with Gasteiger partial charge in [0.2, 0.25) is 11.0 Å². The van der Waals surface area contributed by atoms with Crippen LogP contribution in [0.1, 0.15) is 23.9 Å². The van der Waals surface area contributed by atoms with E-state index in [0.717, 1.165) is 23.4 Å². The maximum atomic E-state index is 11.8. The van der Waals surface area contributed by atoms with Gasteiger partial charge in [0.05, 0.1) is 10.0 Å². The highest BCUT2D eigenvalue weighted by molar-refractivity contribution is 7.15. The molecule has 0 aliphatic carbocycles. The van der Waals surface area contributed by atoms with Gasteiger partial charge in [-0.2, -0.15) is 0 Å². The number of hydrogen-bond acceptors (Lipinski definition) is 4. The van der Waals surface area contributed by atoms with Crippen LogP contribution in [-0.4, -0.2) is 16.1 Å². The number of nitrogens with zero attached hydrogens (tertiary/aromatic N) is 2. The highest BCUT2D eigenvalue weighted by Crippen LogP contribution is 2.23. The SMILES string of the molecule is CCCc1nnc(NC(=O)/C=C/c2ccc(Cl)c(Cl)c2)s1. The Morgan fingerprint density at radius 1 is 1.33 bits per heavy atom. The molecule has 0 unspecified atom stereocenters. The van der Waals surface area contributed by atoms with Gasteiger partial charge in [0.25, 0.3) is 0 Å². The molecule has 110 valence electrons. The van der Waals surface area contributed by atoms with E-state index in [4.69, 9.17) is 23.2 Å². The Morgan fingerprint density at radius 2 is 2.14 bits per heavy atom. The van der Waals surface area contributed by atoms with Gasteiger partial charge in [0, 0.05) is 12.5 Å². The fraction of sp³-hybridized carbons (Fsp3) is 0.214. The van der Waals surface area contributed by atoms with Gasteiger partial charge in [-0.3, -0.25) is 10.1 Å². The summed E-state index contributed by atoms with van der Waals surface area (Å²) >= 11 is 13.1. The topological polar surface area (TPSA) is 54.9 Å². The van der Waals surface area contributed by atoms with E-state index >= 15 is 0 Å². The van der Waals surface area contributed by atoms with Crippen molar-refractivity contribution >= 4 is 51.7 Å². The molecule has 1 aromatic heterocycles. The molecule has 1 heterocycles. The van der Waals surface area contributed by atoms with E-state index in [-0.39, 0.29) is 5.91 Å². The van der Waals surface area contributed by atoms with Crippen LogP contribution in [0, 0.1) is 0 Å². The molecule has 0 saturated heterocycles. The second-order valence-electron chi connectivity index (χ2n) is 4.25. The molecule has 0 saturated carbocycles. The van der Waals surface area contributed by atoms with E-state index in [9.17, 15) is 4.79 Å². The minimum absolute atomic E-state index is 0.264. The Morgan fingerprint density at radius 3 is 2.86 bits per heavy atom. The van der Waals surface area contributed by atoms with Gasteiger partial charge < -0.3 is 0 Å². The lowest BCUT2D eigenvalue weighted by molar-refractivity contribution is -0.111. The Balaban J connectivity index is 1.96. The molecule has 1 amide bonds. The fourth-order valence-electron chi connectivity index (χ4n) is 1.55. The molecule has 0 aliphatic rings. The van der Waals surface area contributed by atoms with Crippen molar-refractivity contribution in [3.63, 3.8) is 0 Å². The lowest BCUT2D eigenvalue weighted by Gasteiger charge is -1.98. The number of rotatable bonds is 5. The van der Waals surface area contributed by atoms with Crippen LogP contribution in [0.5, 0.6) is 0 Å². The summed E-state index contributed by atoms with van der Waals surface area (Å²) in [4.78, 5) is 11.8. The Labute approximate surface area is 136 Å². The summed E-state index contributed by atoms with van der Waals surface area (Å²) in [7, 11) is 0. The summed E-state index contributed by atoms with van der Waals surface area (Å²) < 4.78 is 0. The molecule has 0 fully saturated rings. The third-order valence-corrected chi connectivity index (χ3v) is 4.17. The third-order valence-electron chi connectivity index (χ3n) is 2.53. The molecule has 2 aromatic rings. The monoisotopic (exact) mass is 341 g/mol. The van der Waals surface area contributed by atoms with E-state index in [1.807, 2.05) is 0 Å². The van der Waals surface area contributed by atoms with Crippen LogP contribution in [0.4, 0.5) is 5.13 Å². The lowest BCUT2D eigenvalue weighted by atomic mass is 10.2. The van der Waals surface area contributed by atoms with Crippen molar-refractivity contribution < 1.29 is 4.79 Å². The van der Waals surface area contributed by atoms with Crippen LogP contribution in [0.3, 0.4) is 0 Å². The van der Waals surface area contributed by atoms with E-state index in [0.29, 0.717) is 15.2 Å². The number of halogens is 2. The number of anilines is 1. The van der Waals surface area contributed by atoms with Crippen molar-refractivity contribution in [2.45, 2.75) is 19.8 Å².